The molecule has 0 saturated carbocycles. The lowest BCUT2D eigenvalue weighted by Crippen LogP contribution is -2.46. The number of hydrogen-bond acceptors (Lipinski definition) is 4. The van der Waals surface area contributed by atoms with Crippen molar-refractivity contribution in [3.8, 4) is 0 Å². The number of nitrogens with one attached hydrogen (secondary N) is 2. The van der Waals surface area contributed by atoms with Crippen LogP contribution in [0.5, 0.6) is 0 Å². The monoisotopic (exact) mass is 293 g/mol. The van der Waals surface area contributed by atoms with E-state index in [1.165, 1.54) is 6.92 Å². The van der Waals surface area contributed by atoms with E-state index in [0.717, 1.165) is 12.8 Å². The lowest BCUT2D eigenvalue weighted by Gasteiger charge is -2.31. The lowest BCUT2D eigenvalue weighted by molar-refractivity contribution is -0.119. The summed E-state index contributed by atoms with van der Waals surface area (Å²) in [6.07, 6.45) is 1.53. The molecule has 2 N–H and O–H groups in total. The Kier molecular flexibility index (Phi) is 4.29. The van der Waals surface area contributed by atoms with E-state index < -0.39 is 0 Å². The highest BCUT2D eigenvalue weighted by atomic mass is 16.2. The van der Waals surface area contributed by atoms with E-state index in [0.29, 0.717) is 18.9 Å². The summed E-state index contributed by atoms with van der Waals surface area (Å²) in [7, 11) is 0. The maximum absolute atomic E-state index is 12.4. The number of aromatic nitrogens is 3. The number of nitrogens with zero attached hydrogens (tertiary/aromatic N) is 3. The average Bonchev–Trinajstić information content (AvgIpc) is 2.87. The minimum atomic E-state index is -0.163. The van der Waals surface area contributed by atoms with Gasteiger partial charge < -0.3 is 10.2 Å². The number of hydrogen-bond donors (Lipinski definition) is 2. The Morgan fingerprint density at radius 3 is 2.38 bits per heavy atom. The molecule has 2 amide bonds. The maximum atomic E-state index is 12.4. The van der Waals surface area contributed by atoms with Crippen molar-refractivity contribution in [2.75, 3.05) is 13.1 Å². The standard InChI is InChI=1S/C14H23N5O2/c1-9(20)15-10-5-7-19(8-6-10)12(21)11-16-13(18-17-11)14(2,3)4/h10H,5-8H2,1-4H3,(H,15,20)(H,16,17,18). The Morgan fingerprint density at radius 2 is 1.90 bits per heavy atom. The van der Waals surface area contributed by atoms with Crippen LogP contribution >= 0.6 is 0 Å². The van der Waals surface area contributed by atoms with Gasteiger partial charge in [-0.05, 0) is 12.8 Å². The number of H-pyrrole nitrogens is 1. The largest absolute Gasteiger partial charge is 0.353 e. The van der Waals surface area contributed by atoms with E-state index in [1.54, 1.807) is 4.90 Å². The van der Waals surface area contributed by atoms with E-state index in [-0.39, 0.29) is 29.1 Å². The molecular weight excluding hydrogens is 270 g/mol. The predicted octanol–water partition coefficient (Wildman–Crippen LogP) is 0.843. The van der Waals surface area contributed by atoms with Gasteiger partial charge in [0.25, 0.3) is 5.91 Å². The van der Waals surface area contributed by atoms with Crippen molar-refractivity contribution in [2.24, 2.45) is 0 Å². The second-order valence-corrected chi connectivity index (χ2v) is 6.52. The Morgan fingerprint density at radius 1 is 1.29 bits per heavy atom. The van der Waals surface area contributed by atoms with Crippen LogP contribution in [-0.2, 0) is 10.2 Å². The van der Waals surface area contributed by atoms with Crippen molar-refractivity contribution in [3.63, 3.8) is 0 Å². The molecule has 2 heterocycles. The van der Waals surface area contributed by atoms with Crippen LogP contribution in [0.25, 0.3) is 0 Å². The number of rotatable bonds is 2. The molecule has 0 bridgehead atoms. The van der Waals surface area contributed by atoms with Crippen molar-refractivity contribution in [1.29, 1.82) is 0 Å². The first kappa shape index (κ1) is 15.5. The number of aromatic amines is 1. The molecule has 0 spiro atoms. The van der Waals surface area contributed by atoms with Crippen LogP contribution in [0.1, 0.15) is 57.0 Å². The molecular formula is C14H23N5O2. The van der Waals surface area contributed by atoms with Gasteiger partial charge in [-0.25, -0.2) is 4.98 Å². The third-order valence-corrected chi connectivity index (χ3v) is 3.58. The Bertz CT molecular complexity index is 524. The molecule has 1 aliphatic rings. The molecule has 7 nitrogen and oxygen atoms in total. The summed E-state index contributed by atoms with van der Waals surface area (Å²) in [5, 5.41) is 9.75. The molecule has 0 aliphatic carbocycles. The summed E-state index contributed by atoms with van der Waals surface area (Å²) in [6, 6.07) is 0.156. The van der Waals surface area contributed by atoms with Gasteiger partial charge in [0.1, 0.15) is 5.82 Å². The fourth-order valence-electron chi connectivity index (χ4n) is 2.35. The van der Waals surface area contributed by atoms with Crippen LogP contribution in [0.2, 0.25) is 0 Å². The van der Waals surface area contributed by atoms with Gasteiger partial charge in [-0.15, -0.1) is 5.10 Å². The van der Waals surface area contributed by atoms with Crippen LogP contribution in [-0.4, -0.2) is 51.0 Å². The van der Waals surface area contributed by atoms with E-state index >= 15 is 0 Å². The van der Waals surface area contributed by atoms with Gasteiger partial charge in [0.05, 0.1) is 0 Å². The molecule has 1 aromatic heterocycles. The fraction of sp³-hybridized carbons (Fsp3) is 0.714. The Balaban J connectivity index is 1.96. The van der Waals surface area contributed by atoms with Crippen LogP contribution in [0.3, 0.4) is 0 Å². The maximum Gasteiger partial charge on any atom is 0.293 e. The lowest BCUT2D eigenvalue weighted by atomic mass is 9.96. The van der Waals surface area contributed by atoms with Crippen LogP contribution in [0, 0.1) is 0 Å². The van der Waals surface area contributed by atoms with Gasteiger partial charge in [-0.3, -0.25) is 14.7 Å². The first-order valence-electron chi connectivity index (χ1n) is 7.26. The number of amides is 2. The third kappa shape index (κ3) is 3.80. The first-order valence-corrected chi connectivity index (χ1v) is 7.26. The van der Waals surface area contributed by atoms with E-state index in [9.17, 15) is 9.59 Å². The van der Waals surface area contributed by atoms with E-state index in [2.05, 4.69) is 20.5 Å². The molecule has 1 saturated heterocycles. The number of piperidine rings is 1. The van der Waals surface area contributed by atoms with Crippen LogP contribution in [0.4, 0.5) is 0 Å². The highest BCUT2D eigenvalue weighted by Gasteiger charge is 2.27. The van der Waals surface area contributed by atoms with Crippen molar-refractivity contribution in [1.82, 2.24) is 25.4 Å². The molecule has 0 unspecified atom stereocenters. The number of carbonyl (C=O) groups is 2. The second-order valence-electron chi connectivity index (χ2n) is 6.52. The minimum Gasteiger partial charge on any atom is -0.353 e. The van der Waals surface area contributed by atoms with Crippen LogP contribution in [0.15, 0.2) is 0 Å². The molecule has 1 fully saturated rings. The van der Waals surface area contributed by atoms with Crippen molar-refractivity contribution >= 4 is 11.8 Å². The SMILES string of the molecule is CC(=O)NC1CCN(C(=O)c2n[nH]c(C(C)(C)C)n2)CC1. The summed E-state index contributed by atoms with van der Waals surface area (Å²) in [5.74, 6) is 0.753. The van der Waals surface area contributed by atoms with E-state index in [1.807, 2.05) is 20.8 Å². The molecule has 21 heavy (non-hydrogen) atoms. The molecule has 0 aromatic carbocycles. The molecule has 0 radical (unpaired) electrons. The van der Waals surface area contributed by atoms with Gasteiger partial charge in [-0.2, -0.15) is 0 Å². The molecule has 1 aliphatic heterocycles. The Hall–Kier alpha value is -1.92. The summed E-state index contributed by atoms with van der Waals surface area (Å²) in [5.41, 5.74) is -0.163. The van der Waals surface area contributed by atoms with Crippen molar-refractivity contribution in [3.05, 3.63) is 11.6 Å². The molecule has 2 rings (SSSR count). The van der Waals surface area contributed by atoms with Gasteiger partial charge >= 0.3 is 0 Å². The number of carbonyl (C=O) groups excluding carboxylic acids is 2. The number of likely N-dealkylation sites (tertiary alicyclic amines) is 1. The molecule has 116 valence electrons. The van der Waals surface area contributed by atoms with Crippen molar-refractivity contribution < 1.29 is 9.59 Å². The topological polar surface area (TPSA) is 91.0 Å². The van der Waals surface area contributed by atoms with E-state index in [4.69, 9.17) is 0 Å². The average molecular weight is 293 g/mol. The smallest absolute Gasteiger partial charge is 0.293 e. The molecule has 1 aromatic rings. The van der Waals surface area contributed by atoms with Gasteiger partial charge in [0.2, 0.25) is 11.7 Å². The zero-order valence-electron chi connectivity index (χ0n) is 13.1. The zero-order valence-corrected chi connectivity index (χ0v) is 13.1. The minimum absolute atomic E-state index is 0.0245. The normalized spacial score (nSPS) is 16.9. The van der Waals surface area contributed by atoms with Gasteiger partial charge in [0.15, 0.2) is 0 Å². The molecule has 7 heteroatoms. The molecule has 0 atom stereocenters. The Labute approximate surface area is 124 Å². The summed E-state index contributed by atoms with van der Waals surface area (Å²) in [4.78, 5) is 29.4. The van der Waals surface area contributed by atoms with Gasteiger partial charge in [-0.1, -0.05) is 20.8 Å². The van der Waals surface area contributed by atoms with Crippen molar-refractivity contribution in [2.45, 2.75) is 52.0 Å². The summed E-state index contributed by atoms with van der Waals surface area (Å²) < 4.78 is 0. The second kappa shape index (κ2) is 5.83. The zero-order chi connectivity index (χ0) is 15.6. The van der Waals surface area contributed by atoms with Gasteiger partial charge in [0, 0.05) is 31.5 Å². The first-order chi connectivity index (χ1) is 9.77. The fourth-order valence-corrected chi connectivity index (χ4v) is 2.35. The summed E-state index contributed by atoms with van der Waals surface area (Å²) in [6.45, 7) is 8.79. The highest BCUT2D eigenvalue weighted by Crippen LogP contribution is 2.18. The summed E-state index contributed by atoms with van der Waals surface area (Å²) >= 11 is 0. The van der Waals surface area contributed by atoms with Crippen LogP contribution < -0.4 is 5.32 Å². The highest BCUT2D eigenvalue weighted by molar-refractivity contribution is 5.90. The predicted molar refractivity (Wildman–Crippen MR) is 77.8 cm³/mol. The quantitative estimate of drug-likeness (QED) is 0.845. The third-order valence-electron chi connectivity index (χ3n) is 3.58.